The summed E-state index contributed by atoms with van der Waals surface area (Å²) < 4.78 is 31.7. The number of thioether (sulfide) groups is 1. The second-order valence-electron chi connectivity index (χ2n) is 6.39. The van der Waals surface area contributed by atoms with E-state index in [9.17, 15) is 13.2 Å². The summed E-state index contributed by atoms with van der Waals surface area (Å²) in [5, 5.41) is 3.91. The van der Waals surface area contributed by atoms with Crippen molar-refractivity contribution in [3.05, 3.63) is 58.6 Å². The van der Waals surface area contributed by atoms with Crippen LogP contribution in [0.3, 0.4) is 0 Å². The van der Waals surface area contributed by atoms with Gasteiger partial charge in [0.05, 0.1) is 18.2 Å². The first-order valence-corrected chi connectivity index (χ1v) is 12.5. The van der Waals surface area contributed by atoms with Crippen LogP contribution in [0.5, 0.6) is 5.75 Å². The largest absolute Gasteiger partial charge is 0.489 e. The van der Waals surface area contributed by atoms with Crippen molar-refractivity contribution in [2.24, 2.45) is 5.10 Å². The number of sulfonamides is 1. The van der Waals surface area contributed by atoms with Crippen molar-refractivity contribution in [2.75, 3.05) is 28.6 Å². The number of anilines is 1. The topological polar surface area (TPSA) is 88.1 Å². The Kier molecular flexibility index (Phi) is 7.20. The lowest BCUT2D eigenvalue weighted by Gasteiger charge is -2.25. The molecule has 10 heteroatoms. The molecule has 0 aliphatic carbocycles. The van der Waals surface area contributed by atoms with Gasteiger partial charge in [0.15, 0.2) is 0 Å². The van der Waals surface area contributed by atoms with E-state index in [4.69, 9.17) is 4.74 Å². The van der Waals surface area contributed by atoms with Gasteiger partial charge in [-0.15, -0.1) is 0 Å². The predicted molar refractivity (Wildman–Crippen MR) is 120 cm³/mol. The van der Waals surface area contributed by atoms with Gasteiger partial charge in [0.2, 0.25) is 10.0 Å². The van der Waals surface area contributed by atoms with E-state index in [-0.39, 0.29) is 12.6 Å². The Morgan fingerprint density at radius 2 is 2.03 bits per heavy atom. The number of nitrogens with one attached hydrogen (secondary N) is 1. The Balaban J connectivity index is 1.57. The van der Waals surface area contributed by atoms with Gasteiger partial charge in [0, 0.05) is 16.0 Å². The Bertz CT molecular complexity index is 993. The van der Waals surface area contributed by atoms with Crippen molar-refractivity contribution in [1.82, 2.24) is 5.43 Å². The van der Waals surface area contributed by atoms with Gasteiger partial charge in [-0.1, -0.05) is 22.0 Å². The van der Waals surface area contributed by atoms with E-state index in [1.807, 2.05) is 36.0 Å². The van der Waals surface area contributed by atoms with Gasteiger partial charge in [-0.05, 0) is 48.0 Å². The summed E-state index contributed by atoms with van der Waals surface area (Å²) in [7, 11) is -3.63. The van der Waals surface area contributed by atoms with Crippen LogP contribution in [-0.4, -0.2) is 50.9 Å². The third kappa shape index (κ3) is 6.48. The molecule has 1 aliphatic rings. The number of ether oxygens (including phenoxy) is 1. The zero-order valence-corrected chi connectivity index (χ0v) is 18.8. The van der Waals surface area contributed by atoms with E-state index in [2.05, 4.69) is 26.5 Å². The first-order valence-electron chi connectivity index (χ1n) is 8.71. The Labute approximate surface area is 182 Å². The fraction of sp³-hybridized carbons (Fsp3) is 0.263. The number of hydrogen-bond donors (Lipinski definition) is 1. The maximum absolute atomic E-state index is 12.2. The van der Waals surface area contributed by atoms with Gasteiger partial charge in [0.1, 0.15) is 18.4 Å². The van der Waals surface area contributed by atoms with Gasteiger partial charge in [-0.3, -0.25) is 9.10 Å². The zero-order chi connectivity index (χ0) is 20.9. The van der Waals surface area contributed by atoms with Crippen molar-refractivity contribution >= 4 is 55.5 Å². The summed E-state index contributed by atoms with van der Waals surface area (Å²) in [4.78, 5) is 12.2. The van der Waals surface area contributed by atoms with E-state index >= 15 is 0 Å². The van der Waals surface area contributed by atoms with Crippen LogP contribution in [0.1, 0.15) is 5.56 Å². The quantitative estimate of drug-likeness (QED) is 0.447. The van der Waals surface area contributed by atoms with Gasteiger partial charge in [-0.2, -0.15) is 16.9 Å². The molecule has 0 bridgehead atoms. The van der Waals surface area contributed by atoms with Crippen LogP contribution < -0.4 is 14.5 Å². The average Bonchev–Trinajstić information content (AvgIpc) is 2.63. The molecule has 0 radical (unpaired) electrons. The van der Waals surface area contributed by atoms with Gasteiger partial charge in [-0.25, -0.2) is 13.8 Å². The van der Waals surface area contributed by atoms with Crippen LogP contribution in [0.4, 0.5) is 5.69 Å². The van der Waals surface area contributed by atoms with Crippen LogP contribution in [0.2, 0.25) is 0 Å². The maximum Gasteiger partial charge on any atom is 0.260 e. The highest BCUT2D eigenvalue weighted by molar-refractivity contribution is 9.10. The molecule has 1 aliphatic heterocycles. The maximum atomic E-state index is 12.2. The number of hydrazone groups is 1. The first kappa shape index (κ1) is 21.7. The van der Waals surface area contributed by atoms with E-state index in [1.54, 1.807) is 24.3 Å². The first-order chi connectivity index (χ1) is 13.8. The van der Waals surface area contributed by atoms with E-state index in [0.29, 0.717) is 10.2 Å². The van der Waals surface area contributed by atoms with Crippen molar-refractivity contribution in [3.63, 3.8) is 0 Å². The summed E-state index contributed by atoms with van der Waals surface area (Å²) in [5.41, 5.74) is 3.54. The normalized spacial score (nSPS) is 14.4. The predicted octanol–water partition coefficient (Wildman–Crippen LogP) is 2.86. The lowest BCUT2D eigenvalue weighted by Crippen LogP contribution is -2.39. The summed E-state index contributed by atoms with van der Waals surface area (Å²) >= 11 is 5.16. The minimum atomic E-state index is -3.63. The van der Waals surface area contributed by atoms with E-state index < -0.39 is 15.9 Å². The number of halogens is 1. The molecule has 0 aromatic heterocycles. The number of benzene rings is 2. The lowest BCUT2D eigenvalue weighted by atomic mass is 10.2. The number of hydrogen-bond acceptors (Lipinski definition) is 6. The van der Waals surface area contributed by atoms with Crippen molar-refractivity contribution in [3.8, 4) is 5.75 Å². The summed E-state index contributed by atoms with van der Waals surface area (Å²) in [6, 6.07) is 14.1. The molecule has 2 aromatic carbocycles. The smallest absolute Gasteiger partial charge is 0.260 e. The molecule has 2 aromatic rings. The number of amides is 1. The second-order valence-corrected chi connectivity index (χ2v) is 10.3. The van der Waals surface area contributed by atoms with Gasteiger partial charge >= 0.3 is 0 Å². The molecule has 1 amide bonds. The zero-order valence-electron chi connectivity index (χ0n) is 15.6. The third-order valence-corrected chi connectivity index (χ3v) is 6.83. The van der Waals surface area contributed by atoms with Crippen LogP contribution >= 0.6 is 27.7 Å². The van der Waals surface area contributed by atoms with E-state index in [0.717, 1.165) is 33.4 Å². The molecule has 154 valence electrons. The van der Waals surface area contributed by atoms with Crippen LogP contribution in [0.25, 0.3) is 0 Å². The molecule has 1 fully saturated rings. The second kappa shape index (κ2) is 9.64. The molecule has 0 atom stereocenters. The van der Waals surface area contributed by atoms with Crippen molar-refractivity contribution in [2.45, 2.75) is 6.10 Å². The number of carbonyl (C=O) groups excluding carboxylic acids is 1. The minimum absolute atomic E-state index is 0.279. The monoisotopic (exact) mass is 497 g/mol. The minimum Gasteiger partial charge on any atom is -0.489 e. The SMILES string of the molecule is CS(=O)(=O)N(CC(=O)N/N=C\c1ccc(OC2CSC2)cc1)c1cccc(Br)c1. The summed E-state index contributed by atoms with van der Waals surface area (Å²) in [6.07, 6.45) is 2.82. The molecule has 0 unspecified atom stereocenters. The fourth-order valence-electron chi connectivity index (χ4n) is 2.48. The molecular formula is C19H20BrN3O4S2. The van der Waals surface area contributed by atoms with Crippen LogP contribution in [0, 0.1) is 0 Å². The Hall–Kier alpha value is -2.04. The standard InChI is InChI=1S/C19H20BrN3O4S2/c1-29(25,26)23(16-4-2-3-15(20)9-16)11-19(24)22-21-10-14-5-7-17(8-6-14)27-18-12-28-13-18/h2-10,18H,11-13H2,1H3,(H,22,24)/b21-10-. The lowest BCUT2D eigenvalue weighted by molar-refractivity contribution is -0.119. The summed E-state index contributed by atoms with van der Waals surface area (Å²) in [5.74, 6) is 2.28. The molecule has 1 N–H and O–H groups in total. The highest BCUT2D eigenvalue weighted by Gasteiger charge is 2.21. The van der Waals surface area contributed by atoms with Crippen molar-refractivity contribution in [1.29, 1.82) is 0 Å². The number of rotatable bonds is 8. The summed E-state index contributed by atoms with van der Waals surface area (Å²) in [6.45, 7) is -0.376. The fourth-order valence-corrected chi connectivity index (χ4v) is 4.28. The Morgan fingerprint density at radius 1 is 1.31 bits per heavy atom. The molecule has 1 saturated heterocycles. The molecule has 3 rings (SSSR count). The highest BCUT2D eigenvalue weighted by Crippen LogP contribution is 2.24. The number of nitrogens with zero attached hydrogens (tertiary/aromatic N) is 2. The van der Waals surface area contributed by atoms with Crippen LogP contribution in [-0.2, 0) is 14.8 Å². The third-order valence-electron chi connectivity index (χ3n) is 3.98. The van der Waals surface area contributed by atoms with Gasteiger partial charge in [0.25, 0.3) is 5.91 Å². The number of carbonyl (C=O) groups is 1. The molecule has 0 spiro atoms. The molecular weight excluding hydrogens is 478 g/mol. The molecule has 1 heterocycles. The average molecular weight is 498 g/mol. The molecule has 0 saturated carbocycles. The van der Waals surface area contributed by atoms with E-state index in [1.165, 1.54) is 6.21 Å². The highest BCUT2D eigenvalue weighted by atomic mass is 79.9. The Morgan fingerprint density at radius 3 is 2.62 bits per heavy atom. The van der Waals surface area contributed by atoms with Gasteiger partial charge < -0.3 is 4.74 Å². The van der Waals surface area contributed by atoms with Crippen LogP contribution in [0.15, 0.2) is 58.1 Å². The molecule has 29 heavy (non-hydrogen) atoms. The molecule has 7 nitrogen and oxygen atoms in total. The van der Waals surface area contributed by atoms with Crippen molar-refractivity contribution < 1.29 is 17.9 Å².